The third-order valence-corrected chi connectivity index (χ3v) is 1.50. The van der Waals surface area contributed by atoms with Crippen molar-refractivity contribution in [3.05, 3.63) is 0 Å². The fourth-order valence-electron chi connectivity index (χ4n) is 0.890. The van der Waals surface area contributed by atoms with Crippen LogP contribution in [0.15, 0.2) is 0 Å². The molecule has 0 spiro atoms. The standard InChI is InChI=1S/C8H16O3/c1-4-5-6-8(2,3)11-7(9)10/h4-6H2,1-3H3,(H,9,10). The molecule has 0 rings (SSSR count). The molecule has 0 amide bonds. The maximum absolute atomic E-state index is 10.2. The van der Waals surface area contributed by atoms with Crippen LogP contribution in [-0.4, -0.2) is 16.9 Å². The van der Waals surface area contributed by atoms with Crippen LogP contribution in [0.25, 0.3) is 0 Å². The zero-order valence-corrected chi connectivity index (χ0v) is 7.39. The Hall–Kier alpha value is -0.730. The quantitative estimate of drug-likeness (QED) is 0.643. The lowest BCUT2D eigenvalue weighted by Crippen LogP contribution is -2.26. The average molecular weight is 160 g/mol. The minimum Gasteiger partial charge on any atom is -0.450 e. The minimum atomic E-state index is -1.19. The molecule has 1 N–H and O–H groups in total. The van der Waals surface area contributed by atoms with E-state index in [1.54, 1.807) is 13.8 Å². The van der Waals surface area contributed by atoms with Crippen molar-refractivity contribution in [1.82, 2.24) is 0 Å². The zero-order valence-electron chi connectivity index (χ0n) is 7.39. The molecule has 0 bridgehead atoms. The van der Waals surface area contributed by atoms with Gasteiger partial charge in [0.2, 0.25) is 0 Å². The second kappa shape index (κ2) is 4.21. The first-order valence-corrected chi connectivity index (χ1v) is 3.90. The van der Waals surface area contributed by atoms with Crippen LogP contribution in [0.5, 0.6) is 0 Å². The summed E-state index contributed by atoms with van der Waals surface area (Å²) in [4.78, 5) is 10.2. The van der Waals surface area contributed by atoms with Gasteiger partial charge < -0.3 is 9.84 Å². The smallest absolute Gasteiger partial charge is 0.450 e. The van der Waals surface area contributed by atoms with E-state index in [0.29, 0.717) is 0 Å². The van der Waals surface area contributed by atoms with E-state index in [0.717, 1.165) is 19.3 Å². The summed E-state index contributed by atoms with van der Waals surface area (Å²) in [7, 11) is 0. The highest BCUT2D eigenvalue weighted by molar-refractivity contribution is 5.57. The monoisotopic (exact) mass is 160 g/mol. The Bertz CT molecular complexity index is 129. The summed E-state index contributed by atoms with van der Waals surface area (Å²) in [5, 5.41) is 8.33. The highest BCUT2D eigenvalue weighted by atomic mass is 16.7. The van der Waals surface area contributed by atoms with Crippen molar-refractivity contribution in [3.63, 3.8) is 0 Å². The molecular weight excluding hydrogens is 144 g/mol. The van der Waals surface area contributed by atoms with E-state index in [4.69, 9.17) is 5.11 Å². The predicted octanol–water partition coefficient (Wildman–Crippen LogP) is 2.65. The Morgan fingerprint density at radius 1 is 1.55 bits per heavy atom. The number of ether oxygens (including phenoxy) is 1. The van der Waals surface area contributed by atoms with Gasteiger partial charge >= 0.3 is 6.16 Å². The van der Waals surface area contributed by atoms with Gasteiger partial charge in [0, 0.05) is 0 Å². The molecule has 66 valence electrons. The molecule has 11 heavy (non-hydrogen) atoms. The topological polar surface area (TPSA) is 46.5 Å². The summed E-state index contributed by atoms with van der Waals surface area (Å²) in [5.74, 6) is 0. The van der Waals surface area contributed by atoms with E-state index in [9.17, 15) is 4.79 Å². The van der Waals surface area contributed by atoms with Gasteiger partial charge in [-0.15, -0.1) is 0 Å². The van der Waals surface area contributed by atoms with Crippen LogP contribution in [0.4, 0.5) is 4.79 Å². The molecule has 0 aliphatic carbocycles. The minimum absolute atomic E-state index is 0.526. The second-order valence-corrected chi connectivity index (χ2v) is 3.23. The lowest BCUT2D eigenvalue weighted by molar-refractivity contribution is -0.00205. The molecule has 0 aromatic heterocycles. The first kappa shape index (κ1) is 10.3. The molecule has 0 aliphatic heterocycles. The molecule has 0 unspecified atom stereocenters. The van der Waals surface area contributed by atoms with Crippen LogP contribution in [0, 0.1) is 0 Å². The molecule has 0 atom stereocenters. The first-order chi connectivity index (χ1) is 4.98. The lowest BCUT2D eigenvalue weighted by atomic mass is 10.0. The fraction of sp³-hybridized carbons (Fsp3) is 0.875. The summed E-state index contributed by atoms with van der Waals surface area (Å²) in [5.41, 5.74) is -0.526. The summed E-state index contributed by atoms with van der Waals surface area (Å²) >= 11 is 0. The molecule has 0 saturated heterocycles. The highest BCUT2D eigenvalue weighted by Crippen LogP contribution is 2.17. The first-order valence-electron chi connectivity index (χ1n) is 3.90. The Kier molecular flexibility index (Phi) is 3.93. The van der Waals surface area contributed by atoms with Crippen molar-refractivity contribution in [1.29, 1.82) is 0 Å². The zero-order chi connectivity index (χ0) is 8.91. The van der Waals surface area contributed by atoms with Crippen molar-refractivity contribution in [2.75, 3.05) is 0 Å². The molecule has 0 fully saturated rings. The van der Waals surface area contributed by atoms with Crippen LogP contribution in [-0.2, 0) is 4.74 Å². The third kappa shape index (κ3) is 5.70. The largest absolute Gasteiger partial charge is 0.506 e. The van der Waals surface area contributed by atoms with Crippen molar-refractivity contribution in [3.8, 4) is 0 Å². The molecule has 0 aromatic carbocycles. The van der Waals surface area contributed by atoms with Crippen molar-refractivity contribution in [2.45, 2.75) is 45.6 Å². The maximum atomic E-state index is 10.2. The molecule has 0 heterocycles. The number of carboxylic acid groups (broad SMARTS) is 1. The SMILES string of the molecule is CCCCC(C)(C)OC(=O)O. The highest BCUT2D eigenvalue weighted by Gasteiger charge is 2.21. The summed E-state index contributed by atoms with van der Waals surface area (Å²) in [6.45, 7) is 5.64. The Morgan fingerprint density at radius 2 is 2.09 bits per heavy atom. The number of carbonyl (C=O) groups is 1. The van der Waals surface area contributed by atoms with Crippen LogP contribution in [0.3, 0.4) is 0 Å². The van der Waals surface area contributed by atoms with Gasteiger partial charge in [0.25, 0.3) is 0 Å². The van der Waals surface area contributed by atoms with Gasteiger partial charge in [0.05, 0.1) is 0 Å². The van der Waals surface area contributed by atoms with E-state index in [-0.39, 0.29) is 0 Å². The van der Waals surface area contributed by atoms with E-state index in [2.05, 4.69) is 11.7 Å². The normalized spacial score (nSPS) is 11.2. The maximum Gasteiger partial charge on any atom is 0.506 e. The third-order valence-electron chi connectivity index (χ3n) is 1.50. The Balaban J connectivity index is 3.70. The van der Waals surface area contributed by atoms with Gasteiger partial charge in [-0.3, -0.25) is 0 Å². The molecule has 0 aliphatic rings. The van der Waals surface area contributed by atoms with E-state index >= 15 is 0 Å². The molecular formula is C8H16O3. The van der Waals surface area contributed by atoms with E-state index in [1.165, 1.54) is 0 Å². The molecule has 3 nitrogen and oxygen atoms in total. The molecule has 3 heteroatoms. The molecule has 0 aromatic rings. The van der Waals surface area contributed by atoms with Gasteiger partial charge in [0.15, 0.2) is 0 Å². The van der Waals surface area contributed by atoms with Crippen molar-refractivity contribution < 1.29 is 14.6 Å². The van der Waals surface area contributed by atoms with Gasteiger partial charge in [-0.25, -0.2) is 4.79 Å². The van der Waals surface area contributed by atoms with Crippen LogP contribution >= 0.6 is 0 Å². The van der Waals surface area contributed by atoms with E-state index < -0.39 is 11.8 Å². The predicted molar refractivity (Wildman–Crippen MR) is 42.7 cm³/mol. The van der Waals surface area contributed by atoms with Crippen LogP contribution in [0.1, 0.15) is 40.0 Å². The molecule has 0 saturated carbocycles. The van der Waals surface area contributed by atoms with Crippen molar-refractivity contribution in [2.24, 2.45) is 0 Å². The fourth-order valence-corrected chi connectivity index (χ4v) is 0.890. The number of hydrogen-bond acceptors (Lipinski definition) is 2. The Labute approximate surface area is 67.4 Å². The number of hydrogen-bond donors (Lipinski definition) is 1. The molecule has 0 radical (unpaired) electrons. The Morgan fingerprint density at radius 3 is 2.45 bits per heavy atom. The van der Waals surface area contributed by atoms with Crippen LogP contribution in [0.2, 0.25) is 0 Å². The summed E-state index contributed by atoms with van der Waals surface area (Å²) in [6.07, 6.45) is 1.66. The van der Waals surface area contributed by atoms with Crippen molar-refractivity contribution >= 4 is 6.16 Å². The number of rotatable bonds is 4. The van der Waals surface area contributed by atoms with Gasteiger partial charge in [-0.1, -0.05) is 13.3 Å². The average Bonchev–Trinajstić information content (AvgIpc) is 1.81. The lowest BCUT2D eigenvalue weighted by Gasteiger charge is -2.22. The summed E-state index contributed by atoms with van der Waals surface area (Å²) in [6, 6.07) is 0. The van der Waals surface area contributed by atoms with Gasteiger partial charge in [-0.2, -0.15) is 0 Å². The summed E-state index contributed by atoms with van der Waals surface area (Å²) < 4.78 is 4.66. The van der Waals surface area contributed by atoms with Gasteiger partial charge in [-0.05, 0) is 26.7 Å². The van der Waals surface area contributed by atoms with Gasteiger partial charge in [0.1, 0.15) is 5.60 Å². The van der Waals surface area contributed by atoms with Crippen LogP contribution < -0.4 is 0 Å². The second-order valence-electron chi connectivity index (χ2n) is 3.23. The number of unbranched alkanes of at least 4 members (excludes halogenated alkanes) is 1. The van der Waals surface area contributed by atoms with E-state index in [1.807, 2.05) is 0 Å².